The summed E-state index contributed by atoms with van der Waals surface area (Å²) in [7, 11) is 0. The number of halogens is 8. The predicted molar refractivity (Wildman–Crippen MR) is 88.6 cm³/mol. The van der Waals surface area contributed by atoms with Crippen LogP contribution in [0.5, 0.6) is 0 Å². The molecule has 30 heavy (non-hydrogen) atoms. The van der Waals surface area contributed by atoms with Gasteiger partial charge >= 0.3 is 12.4 Å². The zero-order valence-corrected chi connectivity index (χ0v) is 14.6. The van der Waals surface area contributed by atoms with Gasteiger partial charge in [-0.05, 0) is 48.5 Å². The minimum Gasteiger partial charge on any atom is -0.345 e. The zero-order chi connectivity index (χ0) is 22.3. The van der Waals surface area contributed by atoms with Crippen molar-refractivity contribution in [1.29, 1.82) is 0 Å². The second kappa shape index (κ2) is 7.26. The van der Waals surface area contributed by atoms with Crippen molar-refractivity contribution in [2.24, 2.45) is 4.99 Å². The number of rotatable bonds is 3. The van der Waals surface area contributed by atoms with Gasteiger partial charge in [0.25, 0.3) is 11.4 Å². The molecule has 2 N–H and O–H groups in total. The van der Waals surface area contributed by atoms with Crippen molar-refractivity contribution in [3.63, 3.8) is 0 Å². The largest absolute Gasteiger partial charge is 0.424 e. The topological polar surface area (TPSA) is 53.5 Å². The highest BCUT2D eigenvalue weighted by Gasteiger charge is 2.77. The van der Waals surface area contributed by atoms with Gasteiger partial charge in [-0.3, -0.25) is 4.79 Å². The number of alkyl halides is 6. The first-order valence-corrected chi connectivity index (χ1v) is 8.17. The average molecular weight is 437 g/mol. The van der Waals surface area contributed by atoms with E-state index in [1.54, 1.807) is 5.32 Å². The Kier molecular flexibility index (Phi) is 5.21. The molecule has 0 saturated heterocycles. The molecular formula is C18H11F8N3O. The van der Waals surface area contributed by atoms with E-state index >= 15 is 0 Å². The molecule has 2 aromatic carbocycles. The third-order valence-electron chi connectivity index (χ3n) is 4.37. The summed E-state index contributed by atoms with van der Waals surface area (Å²) in [6.45, 7) is 0. The highest BCUT2D eigenvalue weighted by molar-refractivity contribution is 6.02. The van der Waals surface area contributed by atoms with E-state index in [9.17, 15) is 39.9 Å². The fourth-order valence-corrected chi connectivity index (χ4v) is 2.83. The van der Waals surface area contributed by atoms with Gasteiger partial charge in [0.05, 0.1) is 0 Å². The highest BCUT2D eigenvalue weighted by atomic mass is 19.4. The molecule has 0 aromatic heterocycles. The molecule has 160 valence electrons. The van der Waals surface area contributed by atoms with Crippen LogP contribution in [0.25, 0.3) is 0 Å². The van der Waals surface area contributed by atoms with Gasteiger partial charge < -0.3 is 10.6 Å². The van der Waals surface area contributed by atoms with Gasteiger partial charge in [-0.1, -0.05) is 0 Å². The summed E-state index contributed by atoms with van der Waals surface area (Å²) in [5.41, 5.74) is -5.27. The van der Waals surface area contributed by atoms with Gasteiger partial charge in [0.1, 0.15) is 17.5 Å². The van der Waals surface area contributed by atoms with Crippen LogP contribution in [0.1, 0.15) is 15.9 Å². The van der Waals surface area contributed by atoms with Gasteiger partial charge in [0.15, 0.2) is 6.17 Å². The van der Waals surface area contributed by atoms with Crippen LogP contribution in [0.15, 0.2) is 53.5 Å². The Bertz CT molecular complexity index is 951. The van der Waals surface area contributed by atoms with Gasteiger partial charge in [0.2, 0.25) is 0 Å². The normalized spacial score (nSPS) is 18.5. The van der Waals surface area contributed by atoms with Crippen molar-refractivity contribution in [2.75, 3.05) is 0 Å². The van der Waals surface area contributed by atoms with Gasteiger partial charge in [0, 0.05) is 11.1 Å². The number of nitrogens with one attached hydrogen (secondary N) is 2. The monoisotopic (exact) mass is 437 g/mol. The average Bonchev–Trinajstić information content (AvgIpc) is 3.03. The lowest BCUT2D eigenvalue weighted by Crippen LogP contribution is -2.73. The van der Waals surface area contributed by atoms with Gasteiger partial charge in [-0.2, -0.15) is 26.3 Å². The summed E-state index contributed by atoms with van der Waals surface area (Å²) in [5.74, 6) is -3.69. The molecule has 1 aliphatic heterocycles. The molecule has 1 amide bonds. The lowest BCUT2D eigenvalue weighted by molar-refractivity contribution is -0.306. The molecule has 0 radical (unpaired) electrons. The third-order valence-corrected chi connectivity index (χ3v) is 4.37. The first kappa shape index (κ1) is 21.5. The van der Waals surface area contributed by atoms with E-state index in [1.807, 2.05) is 0 Å². The number of carbonyl (C=O) groups is 1. The number of hydrogen-bond acceptors (Lipinski definition) is 3. The van der Waals surface area contributed by atoms with E-state index in [0.717, 1.165) is 48.5 Å². The van der Waals surface area contributed by atoms with Crippen LogP contribution in [0, 0.1) is 11.6 Å². The molecule has 4 nitrogen and oxygen atoms in total. The Hall–Kier alpha value is -3.18. The van der Waals surface area contributed by atoms with Crippen molar-refractivity contribution < 1.29 is 39.9 Å². The Labute approximate surface area is 163 Å². The van der Waals surface area contributed by atoms with Crippen LogP contribution in [0.4, 0.5) is 35.1 Å². The molecule has 0 aliphatic carbocycles. The Morgan fingerprint density at radius 1 is 0.867 bits per heavy atom. The molecule has 1 unspecified atom stereocenters. The van der Waals surface area contributed by atoms with Crippen molar-refractivity contribution in [1.82, 2.24) is 10.6 Å². The highest BCUT2D eigenvalue weighted by Crippen LogP contribution is 2.48. The number of aliphatic imine (C=N–C) groups is 1. The maximum absolute atomic E-state index is 13.7. The molecule has 2 aromatic rings. The van der Waals surface area contributed by atoms with Crippen molar-refractivity contribution >= 4 is 11.7 Å². The predicted octanol–water partition coefficient (Wildman–Crippen LogP) is 3.93. The maximum atomic E-state index is 13.7. The summed E-state index contributed by atoms with van der Waals surface area (Å²) < 4.78 is 108. The Morgan fingerprint density at radius 2 is 1.33 bits per heavy atom. The van der Waals surface area contributed by atoms with Crippen LogP contribution in [0.2, 0.25) is 0 Å². The number of amidine groups is 1. The SMILES string of the molecule is O=C(NC1N=C(c2ccc(F)cc2)NC1(C(F)(F)F)C(F)(F)F)c1ccc(F)cc1. The summed E-state index contributed by atoms with van der Waals surface area (Å²) >= 11 is 0. The minimum absolute atomic E-state index is 0.257. The van der Waals surface area contributed by atoms with E-state index in [2.05, 4.69) is 4.99 Å². The third kappa shape index (κ3) is 3.68. The number of nitrogens with zero attached hydrogens (tertiary/aromatic N) is 1. The van der Waals surface area contributed by atoms with E-state index in [1.165, 1.54) is 5.32 Å². The Morgan fingerprint density at radius 3 is 1.80 bits per heavy atom. The first-order chi connectivity index (χ1) is 13.8. The maximum Gasteiger partial charge on any atom is 0.424 e. The molecule has 12 heteroatoms. The summed E-state index contributed by atoms with van der Waals surface area (Å²) in [4.78, 5) is 15.6. The second-order valence-corrected chi connectivity index (χ2v) is 6.30. The molecule has 1 heterocycles. The molecule has 1 aliphatic rings. The zero-order valence-electron chi connectivity index (χ0n) is 14.6. The second-order valence-electron chi connectivity index (χ2n) is 6.30. The molecule has 0 bridgehead atoms. The van der Waals surface area contributed by atoms with Crippen LogP contribution in [-0.2, 0) is 0 Å². The number of amides is 1. The molecule has 1 atom stereocenters. The van der Waals surface area contributed by atoms with E-state index in [0.29, 0.717) is 0 Å². The van der Waals surface area contributed by atoms with Gasteiger partial charge in [-0.25, -0.2) is 13.8 Å². The van der Waals surface area contributed by atoms with E-state index in [-0.39, 0.29) is 11.1 Å². The minimum atomic E-state index is -5.93. The standard InChI is InChI=1S/C18H11F8N3O/c19-11-5-1-9(2-6-11)13-27-15(16(29-13,17(21,22)23)18(24,25)26)28-14(30)10-3-7-12(20)8-4-10/h1-8,15H,(H,27,29)(H,28,30). The lowest BCUT2D eigenvalue weighted by Gasteiger charge is -2.38. The number of benzene rings is 2. The smallest absolute Gasteiger partial charge is 0.345 e. The quantitative estimate of drug-likeness (QED) is 0.716. The Balaban J connectivity index is 2.05. The first-order valence-electron chi connectivity index (χ1n) is 8.17. The lowest BCUT2D eigenvalue weighted by atomic mass is 9.94. The van der Waals surface area contributed by atoms with Crippen LogP contribution >= 0.6 is 0 Å². The molecule has 0 spiro atoms. The van der Waals surface area contributed by atoms with Crippen molar-refractivity contribution in [3.8, 4) is 0 Å². The fraction of sp³-hybridized carbons (Fsp3) is 0.222. The summed E-state index contributed by atoms with van der Waals surface area (Å²) in [6.07, 6.45) is -14.7. The molecule has 0 fully saturated rings. The van der Waals surface area contributed by atoms with E-state index in [4.69, 9.17) is 0 Å². The summed E-state index contributed by atoms with van der Waals surface area (Å²) in [5, 5.41) is 2.94. The summed E-state index contributed by atoms with van der Waals surface area (Å²) in [6, 6.07) is 6.93. The molecule has 0 saturated carbocycles. The van der Waals surface area contributed by atoms with Crippen molar-refractivity contribution in [3.05, 3.63) is 71.3 Å². The fourth-order valence-electron chi connectivity index (χ4n) is 2.83. The van der Waals surface area contributed by atoms with Crippen LogP contribution in [-0.4, -0.2) is 35.8 Å². The van der Waals surface area contributed by atoms with Gasteiger partial charge in [-0.15, -0.1) is 0 Å². The van der Waals surface area contributed by atoms with E-state index < -0.39 is 47.4 Å². The number of hydrogen-bond donors (Lipinski definition) is 2. The van der Waals surface area contributed by atoms with Crippen LogP contribution < -0.4 is 10.6 Å². The van der Waals surface area contributed by atoms with Crippen molar-refractivity contribution in [2.45, 2.75) is 24.1 Å². The van der Waals surface area contributed by atoms with Crippen LogP contribution in [0.3, 0.4) is 0 Å². The number of carbonyl (C=O) groups excluding carboxylic acids is 1. The molecule has 3 rings (SSSR count). The molecular weight excluding hydrogens is 426 g/mol.